The highest BCUT2D eigenvalue weighted by atomic mass is 79.9. The molecule has 0 radical (unpaired) electrons. The van der Waals surface area contributed by atoms with E-state index in [2.05, 4.69) is 81.8 Å². The van der Waals surface area contributed by atoms with Gasteiger partial charge >= 0.3 is 0 Å². The van der Waals surface area contributed by atoms with Crippen LogP contribution in [-0.2, 0) is 0 Å². The summed E-state index contributed by atoms with van der Waals surface area (Å²) in [5, 5.41) is 7.73. The molecule has 0 saturated carbocycles. The summed E-state index contributed by atoms with van der Waals surface area (Å²) in [5.41, 5.74) is 3.41. The summed E-state index contributed by atoms with van der Waals surface area (Å²) in [6, 6.07) is 18.8. The van der Waals surface area contributed by atoms with Gasteiger partial charge in [-0.1, -0.05) is 28.1 Å². The molecule has 1 atom stereocenters. The van der Waals surface area contributed by atoms with Gasteiger partial charge in [-0.3, -0.25) is 0 Å². The van der Waals surface area contributed by atoms with E-state index in [1.807, 2.05) is 16.9 Å². The van der Waals surface area contributed by atoms with Gasteiger partial charge < -0.3 is 5.32 Å². The Morgan fingerprint density at radius 2 is 1.76 bits per heavy atom. The lowest BCUT2D eigenvalue weighted by atomic mass is 10.1. The number of hydrogen-bond acceptors (Lipinski definition) is 2. The number of halogens is 1. The molecule has 1 heterocycles. The van der Waals surface area contributed by atoms with E-state index in [1.165, 1.54) is 5.56 Å². The fourth-order valence-electron chi connectivity index (χ4n) is 2.22. The highest BCUT2D eigenvalue weighted by molar-refractivity contribution is 9.10. The van der Waals surface area contributed by atoms with E-state index in [0.717, 1.165) is 15.8 Å². The molecular formula is C17H16BrN3. The molecule has 0 fully saturated rings. The molecule has 106 valence electrons. The van der Waals surface area contributed by atoms with Gasteiger partial charge in [-0.05, 0) is 55.0 Å². The number of anilines is 1. The standard InChI is InChI=1S/C17H16BrN3/c1-13(14-3-5-15(18)6-4-14)20-16-7-9-17(10-8-16)21-12-2-11-19-21/h2-13,20H,1H3. The van der Waals surface area contributed by atoms with E-state index < -0.39 is 0 Å². The van der Waals surface area contributed by atoms with Crippen LogP contribution in [-0.4, -0.2) is 9.78 Å². The maximum absolute atomic E-state index is 4.22. The minimum absolute atomic E-state index is 0.258. The van der Waals surface area contributed by atoms with Crippen LogP contribution in [0.3, 0.4) is 0 Å². The number of rotatable bonds is 4. The van der Waals surface area contributed by atoms with Crippen molar-refractivity contribution in [1.82, 2.24) is 9.78 Å². The number of benzene rings is 2. The first-order chi connectivity index (χ1) is 10.2. The summed E-state index contributed by atoms with van der Waals surface area (Å²) in [5.74, 6) is 0. The second-order valence-corrected chi connectivity index (χ2v) is 5.83. The number of hydrogen-bond donors (Lipinski definition) is 1. The van der Waals surface area contributed by atoms with Crippen LogP contribution in [0.2, 0.25) is 0 Å². The number of nitrogens with zero attached hydrogens (tertiary/aromatic N) is 2. The Morgan fingerprint density at radius 1 is 1.05 bits per heavy atom. The monoisotopic (exact) mass is 341 g/mol. The Balaban J connectivity index is 1.71. The van der Waals surface area contributed by atoms with Crippen molar-refractivity contribution < 1.29 is 0 Å². The van der Waals surface area contributed by atoms with Gasteiger partial charge in [0.25, 0.3) is 0 Å². The fraction of sp³-hybridized carbons (Fsp3) is 0.118. The molecule has 0 aliphatic rings. The van der Waals surface area contributed by atoms with Crippen LogP contribution in [0.1, 0.15) is 18.5 Å². The van der Waals surface area contributed by atoms with Gasteiger partial charge in [0.1, 0.15) is 0 Å². The average molecular weight is 342 g/mol. The van der Waals surface area contributed by atoms with Crippen molar-refractivity contribution in [2.45, 2.75) is 13.0 Å². The van der Waals surface area contributed by atoms with Crippen molar-refractivity contribution in [3.63, 3.8) is 0 Å². The molecule has 0 saturated heterocycles. The van der Waals surface area contributed by atoms with Crippen LogP contribution in [0.15, 0.2) is 71.5 Å². The third-order valence-electron chi connectivity index (χ3n) is 3.39. The maximum Gasteiger partial charge on any atom is 0.0647 e. The first-order valence-corrected chi connectivity index (χ1v) is 7.64. The zero-order valence-electron chi connectivity index (χ0n) is 11.7. The summed E-state index contributed by atoms with van der Waals surface area (Å²) in [6.07, 6.45) is 3.72. The van der Waals surface area contributed by atoms with Crippen molar-refractivity contribution in [3.8, 4) is 5.69 Å². The highest BCUT2D eigenvalue weighted by Crippen LogP contribution is 2.21. The summed E-state index contributed by atoms with van der Waals surface area (Å²) in [4.78, 5) is 0. The Kier molecular flexibility index (Phi) is 4.06. The molecule has 4 heteroatoms. The second-order valence-electron chi connectivity index (χ2n) is 4.92. The summed E-state index contributed by atoms with van der Waals surface area (Å²) >= 11 is 3.46. The SMILES string of the molecule is CC(Nc1ccc(-n2cccn2)cc1)c1ccc(Br)cc1. The minimum Gasteiger partial charge on any atom is -0.379 e. The maximum atomic E-state index is 4.22. The lowest BCUT2D eigenvalue weighted by Crippen LogP contribution is -2.06. The fourth-order valence-corrected chi connectivity index (χ4v) is 2.48. The van der Waals surface area contributed by atoms with Crippen LogP contribution in [0.4, 0.5) is 5.69 Å². The summed E-state index contributed by atoms with van der Waals surface area (Å²) in [7, 11) is 0. The molecule has 2 aromatic carbocycles. The lowest BCUT2D eigenvalue weighted by Gasteiger charge is -2.16. The molecule has 3 rings (SSSR count). The van der Waals surface area contributed by atoms with E-state index in [0.29, 0.717) is 0 Å². The molecular weight excluding hydrogens is 326 g/mol. The van der Waals surface area contributed by atoms with Gasteiger partial charge in [0, 0.05) is 28.6 Å². The van der Waals surface area contributed by atoms with Crippen LogP contribution < -0.4 is 5.32 Å². The summed E-state index contributed by atoms with van der Waals surface area (Å²) in [6.45, 7) is 2.16. The molecule has 0 bridgehead atoms. The zero-order chi connectivity index (χ0) is 14.7. The third-order valence-corrected chi connectivity index (χ3v) is 3.92. The van der Waals surface area contributed by atoms with Crippen LogP contribution >= 0.6 is 15.9 Å². The van der Waals surface area contributed by atoms with Gasteiger partial charge in [0.05, 0.1) is 5.69 Å². The van der Waals surface area contributed by atoms with E-state index in [9.17, 15) is 0 Å². The molecule has 21 heavy (non-hydrogen) atoms. The zero-order valence-corrected chi connectivity index (χ0v) is 13.3. The molecule has 0 spiro atoms. The van der Waals surface area contributed by atoms with Crippen LogP contribution in [0.25, 0.3) is 5.69 Å². The van der Waals surface area contributed by atoms with Crippen molar-refractivity contribution >= 4 is 21.6 Å². The van der Waals surface area contributed by atoms with Crippen LogP contribution in [0, 0.1) is 0 Å². The lowest BCUT2D eigenvalue weighted by molar-refractivity contribution is 0.873. The quantitative estimate of drug-likeness (QED) is 0.738. The predicted molar refractivity (Wildman–Crippen MR) is 89.7 cm³/mol. The first kappa shape index (κ1) is 13.9. The van der Waals surface area contributed by atoms with E-state index >= 15 is 0 Å². The average Bonchev–Trinajstić information content (AvgIpc) is 3.03. The van der Waals surface area contributed by atoms with Gasteiger partial charge in [-0.15, -0.1) is 0 Å². The van der Waals surface area contributed by atoms with Gasteiger partial charge in [0.15, 0.2) is 0 Å². The first-order valence-electron chi connectivity index (χ1n) is 6.84. The van der Waals surface area contributed by atoms with Gasteiger partial charge in [0.2, 0.25) is 0 Å². The molecule has 3 nitrogen and oxygen atoms in total. The Morgan fingerprint density at radius 3 is 2.38 bits per heavy atom. The number of aromatic nitrogens is 2. The third kappa shape index (κ3) is 3.34. The van der Waals surface area contributed by atoms with Gasteiger partial charge in [-0.25, -0.2) is 4.68 Å². The molecule has 1 N–H and O–H groups in total. The van der Waals surface area contributed by atoms with E-state index in [1.54, 1.807) is 6.20 Å². The highest BCUT2D eigenvalue weighted by Gasteiger charge is 2.05. The molecule has 1 aromatic heterocycles. The summed E-state index contributed by atoms with van der Waals surface area (Å²) < 4.78 is 2.95. The molecule has 0 aliphatic carbocycles. The second kappa shape index (κ2) is 6.14. The Hall–Kier alpha value is -2.07. The molecule has 0 aliphatic heterocycles. The molecule has 1 unspecified atom stereocenters. The largest absolute Gasteiger partial charge is 0.379 e. The van der Waals surface area contributed by atoms with E-state index in [4.69, 9.17) is 0 Å². The molecule has 3 aromatic rings. The van der Waals surface area contributed by atoms with Gasteiger partial charge in [-0.2, -0.15) is 5.10 Å². The predicted octanol–water partition coefficient (Wildman–Crippen LogP) is 4.81. The Labute approximate surface area is 132 Å². The van der Waals surface area contributed by atoms with E-state index in [-0.39, 0.29) is 6.04 Å². The molecule has 0 amide bonds. The van der Waals surface area contributed by atoms with Crippen molar-refractivity contribution in [1.29, 1.82) is 0 Å². The normalized spacial score (nSPS) is 12.1. The topological polar surface area (TPSA) is 29.9 Å². The smallest absolute Gasteiger partial charge is 0.0647 e. The Bertz CT molecular complexity index is 688. The minimum atomic E-state index is 0.258. The van der Waals surface area contributed by atoms with Crippen molar-refractivity contribution in [3.05, 3.63) is 77.0 Å². The van der Waals surface area contributed by atoms with Crippen molar-refractivity contribution in [2.75, 3.05) is 5.32 Å². The number of nitrogens with one attached hydrogen (secondary N) is 1. The van der Waals surface area contributed by atoms with Crippen molar-refractivity contribution in [2.24, 2.45) is 0 Å². The van der Waals surface area contributed by atoms with Crippen LogP contribution in [0.5, 0.6) is 0 Å².